The second-order valence-electron chi connectivity index (χ2n) is 8.14. The van der Waals surface area contributed by atoms with Crippen molar-refractivity contribution in [2.24, 2.45) is 0 Å². The Kier molecular flexibility index (Phi) is 6.53. The molecule has 3 fully saturated rings. The number of hydrogen-bond acceptors (Lipinski definition) is 4. The maximum absolute atomic E-state index is 12.6. The van der Waals surface area contributed by atoms with Crippen molar-refractivity contribution < 1.29 is 4.79 Å². The van der Waals surface area contributed by atoms with Gasteiger partial charge >= 0.3 is 0 Å². The van der Waals surface area contributed by atoms with Gasteiger partial charge < -0.3 is 9.80 Å². The molecule has 0 aromatic heterocycles. The molecule has 0 aromatic carbocycles. The van der Waals surface area contributed by atoms with Gasteiger partial charge in [-0.15, -0.1) is 0 Å². The van der Waals surface area contributed by atoms with Gasteiger partial charge in [-0.05, 0) is 52.6 Å². The highest BCUT2D eigenvalue weighted by Gasteiger charge is 2.27. The molecule has 5 heteroatoms. The molecule has 1 amide bonds. The Morgan fingerprint density at radius 3 is 2.25 bits per heavy atom. The van der Waals surface area contributed by atoms with Crippen LogP contribution in [0.2, 0.25) is 0 Å². The lowest BCUT2D eigenvalue weighted by atomic mass is 10.0. The average Bonchev–Trinajstić information content (AvgIpc) is 2.59. The number of rotatable bonds is 4. The molecule has 2 unspecified atom stereocenters. The van der Waals surface area contributed by atoms with E-state index in [1.165, 1.54) is 51.6 Å². The minimum absolute atomic E-state index is 0.350. The van der Waals surface area contributed by atoms with Gasteiger partial charge in [0.25, 0.3) is 0 Å². The third kappa shape index (κ3) is 4.70. The van der Waals surface area contributed by atoms with Crippen molar-refractivity contribution in [3.05, 3.63) is 0 Å². The first-order valence-corrected chi connectivity index (χ1v) is 10.1. The second kappa shape index (κ2) is 8.63. The molecule has 3 saturated heterocycles. The molecule has 2 atom stereocenters. The average molecular weight is 337 g/mol. The van der Waals surface area contributed by atoms with Gasteiger partial charge in [0.15, 0.2) is 0 Å². The highest BCUT2D eigenvalue weighted by molar-refractivity contribution is 5.78. The molecule has 5 nitrogen and oxygen atoms in total. The number of piperazine rings is 1. The first kappa shape index (κ1) is 18.2. The number of amides is 1. The van der Waals surface area contributed by atoms with Crippen LogP contribution in [0.15, 0.2) is 0 Å². The van der Waals surface area contributed by atoms with Crippen molar-refractivity contribution >= 4 is 5.91 Å². The van der Waals surface area contributed by atoms with Crippen molar-refractivity contribution in [2.75, 3.05) is 59.4 Å². The maximum atomic E-state index is 12.6. The summed E-state index contributed by atoms with van der Waals surface area (Å²) in [7, 11) is 2.28. The van der Waals surface area contributed by atoms with Crippen LogP contribution >= 0.6 is 0 Å². The van der Waals surface area contributed by atoms with E-state index in [4.69, 9.17) is 0 Å². The van der Waals surface area contributed by atoms with Crippen LogP contribution in [0.4, 0.5) is 0 Å². The molecular formula is C19H36N4O. The summed E-state index contributed by atoms with van der Waals surface area (Å²) in [5, 5.41) is 0. The van der Waals surface area contributed by atoms with Crippen molar-refractivity contribution in [3.63, 3.8) is 0 Å². The Hall–Kier alpha value is -0.650. The van der Waals surface area contributed by atoms with Gasteiger partial charge in [-0.3, -0.25) is 14.6 Å². The Morgan fingerprint density at radius 2 is 1.54 bits per heavy atom. The molecule has 0 N–H and O–H groups in total. The highest BCUT2D eigenvalue weighted by atomic mass is 16.2. The van der Waals surface area contributed by atoms with Gasteiger partial charge in [-0.2, -0.15) is 0 Å². The van der Waals surface area contributed by atoms with Crippen molar-refractivity contribution in [2.45, 2.75) is 57.5 Å². The quantitative estimate of drug-likeness (QED) is 0.778. The van der Waals surface area contributed by atoms with Crippen LogP contribution in [0, 0.1) is 0 Å². The Labute approximate surface area is 147 Å². The first-order valence-electron chi connectivity index (χ1n) is 10.1. The van der Waals surface area contributed by atoms with E-state index >= 15 is 0 Å². The van der Waals surface area contributed by atoms with Crippen molar-refractivity contribution in [3.8, 4) is 0 Å². The number of carbonyl (C=O) groups is 1. The number of piperidine rings is 2. The van der Waals surface area contributed by atoms with Gasteiger partial charge in [-0.1, -0.05) is 6.42 Å². The van der Waals surface area contributed by atoms with E-state index in [2.05, 4.69) is 33.6 Å². The summed E-state index contributed by atoms with van der Waals surface area (Å²) in [5.41, 5.74) is 0. The minimum atomic E-state index is 0.350. The standard InChI is InChI=1S/C19H36N4O/c1-17-7-3-6-10-23(17)19(24)16-22-13-11-21(12-14-22)15-18-8-4-5-9-20(18)2/h17-18H,3-16H2,1-2H3. The van der Waals surface area contributed by atoms with Crippen molar-refractivity contribution in [1.82, 2.24) is 19.6 Å². The molecule has 24 heavy (non-hydrogen) atoms. The fourth-order valence-electron chi connectivity index (χ4n) is 4.55. The van der Waals surface area contributed by atoms with Gasteiger partial charge in [-0.25, -0.2) is 0 Å². The number of hydrogen-bond donors (Lipinski definition) is 0. The van der Waals surface area contributed by atoms with Crippen LogP contribution in [-0.4, -0.2) is 97.0 Å². The molecule has 0 saturated carbocycles. The van der Waals surface area contributed by atoms with Gasteiger partial charge in [0.05, 0.1) is 6.54 Å². The summed E-state index contributed by atoms with van der Waals surface area (Å²) in [4.78, 5) is 22.2. The molecule has 3 aliphatic rings. The molecule has 0 radical (unpaired) electrons. The molecule has 0 aromatic rings. The number of nitrogens with zero attached hydrogens (tertiary/aromatic N) is 4. The van der Waals surface area contributed by atoms with E-state index in [1.54, 1.807) is 0 Å². The van der Waals surface area contributed by atoms with E-state index in [-0.39, 0.29) is 0 Å². The number of likely N-dealkylation sites (N-methyl/N-ethyl adjacent to an activating group) is 1. The lowest BCUT2D eigenvalue weighted by Crippen LogP contribution is -2.54. The SMILES string of the molecule is CC1CCCCN1C(=O)CN1CCN(CC2CCCCN2C)CC1. The summed E-state index contributed by atoms with van der Waals surface area (Å²) in [6.45, 7) is 10.6. The second-order valence-corrected chi connectivity index (χ2v) is 8.14. The van der Waals surface area contributed by atoms with E-state index in [0.29, 0.717) is 18.5 Å². The minimum Gasteiger partial charge on any atom is -0.339 e. The van der Waals surface area contributed by atoms with Gasteiger partial charge in [0.1, 0.15) is 0 Å². The predicted molar refractivity (Wildman–Crippen MR) is 98.2 cm³/mol. The molecule has 3 aliphatic heterocycles. The first-order chi connectivity index (χ1) is 11.6. The zero-order valence-electron chi connectivity index (χ0n) is 15.8. The van der Waals surface area contributed by atoms with Crippen LogP contribution in [0.5, 0.6) is 0 Å². The third-order valence-electron chi connectivity index (χ3n) is 6.34. The molecule has 0 bridgehead atoms. The van der Waals surface area contributed by atoms with Crippen LogP contribution in [-0.2, 0) is 4.79 Å². The Morgan fingerprint density at radius 1 is 0.875 bits per heavy atom. The molecule has 138 valence electrons. The smallest absolute Gasteiger partial charge is 0.236 e. The monoisotopic (exact) mass is 336 g/mol. The van der Waals surface area contributed by atoms with E-state index in [9.17, 15) is 4.79 Å². The number of likely N-dealkylation sites (tertiary alicyclic amines) is 2. The number of carbonyl (C=O) groups excluding carboxylic acids is 1. The van der Waals surface area contributed by atoms with Crippen LogP contribution < -0.4 is 0 Å². The summed E-state index contributed by atoms with van der Waals surface area (Å²) < 4.78 is 0. The largest absolute Gasteiger partial charge is 0.339 e. The zero-order chi connectivity index (χ0) is 16.9. The summed E-state index contributed by atoms with van der Waals surface area (Å²) >= 11 is 0. The van der Waals surface area contributed by atoms with Gasteiger partial charge in [0.2, 0.25) is 5.91 Å². The van der Waals surface area contributed by atoms with Gasteiger partial charge in [0, 0.05) is 51.4 Å². The van der Waals surface area contributed by atoms with E-state index < -0.39 is 0 Å². The highest BCUT2D eigenvalue weighted by Crippen LogP contribution is 2.18. The molecule has 3 rings (SSSR count). The predicted octanol–water partition coefficient (Wildman–Crippen LogP) is 1.49. The maximum Gasteiger partial charge on any atom is 0.236 e. The summed E-state index contributed by atoms with van der Waals surface area (Å²) in [6, 6.07) is 1.18. The van der Waals surface area contributed by atoms with Crippen molar-refractivity contribution in [1.29, 1.82) is 0 Å². The van der Waals surface area contributed by atoms with E-state index in [0.717, 1.165) is 38.8 Å². The molecule has 0 aliphatic carbocycles. The molecule has 0 spiro atoms. The summed E-state index contributed by atoms with van der Waals surface area (Å²) in [5.74, 6) is 0.350. The molecular weight excluding hydrogens is 300 g/mol. The fourth-order valence-corrected chi connectivity index (χ4v) is 4.55. The Balaban J connectivity index is 1.39. The zero-order valence-corrected chi connectivity index (χ0v) is 15.8. The molecule has 3 heterocycles. The van der Waals surface area contributed by atoms with Crippen LogP contribution in [0.3, 0.4) is 0 Å². The fraction of sp³-hybridized carbons (Fsp3) is 0.947. The Bertz CT molecular complexity index is 408. The lowest BCUT2D eigenvalue weighted by molar-refractivity contribution is -0.136. The summed E-state index contributed by atoms with van der Waals surface area (Å²) in [6.07, 6.45) is 7.73. The van der Waals surface area contributed by atoms with Crippen LogP contribution in [0.25, 0.3) is 0 Å². The van der Waals surface area contributed by atoms with E-state index in [1.807, 2.05) is 0 Å². The topological polar surface area (TPSA) is 30.0 Å². The normalized spacial score (nSPS) is 31.3. The van der Waals surface area contributed by atoms with Crippen LogP contribution in [0.1, 0.15) is 45.4 Å². The lowest BCUT2D eigenvalue weighted by Gasteiger charge is -2.41. The third-order valence-corrected chi connectivity index (χ3v) is 6.34.